The van der Waals surface area contributed by atoms with Crippen molar-refractivity contribution in [2.45, 2.75) is 37.1 Å². The second-order valence-electron chi connectivity index (χ2n) is 8.23. The average molecular weight is 442 g/mol. The Hall–Kier alpha value is -2.28. The van der Waals surface area contributed by atoms with Crippen molar-refractivity contribution in [2.24, 2.45) is 0 Å². The molecule has 0 unspecified atom stereocenters. The summed E-state index contributed by atoms with van der Waals surface area (Å²) in [4.78, 5) is 0.291. The van der Waals surface area contributed by atoms with Crippen LogP contribution in [0.15, 0.2) is 59.6 Å². The van der Waals surface area contributed by atoms with Gasteiger partial charge in [-0.3, -0.25) is 0 Å². The second kappa shape index (κ2) is 6.87. The summed E-state index contributed by atoms with van der Waals surface area (Å²) in [5, 5.41) is 4.31. The summed E-state index contributed by atoms with van der Waals surface area (Å²) in [5.74, 6) is 0. The number of sulfonamides is 1. The molecule has 2 aliphatic rings. The van der Waals surface area contributed by atoms with Gasteiger partial charge in [-0.15, -0.1) is 0 Å². The molecule has 0 amide bonds. The fourth-order valence-electron chi connectivity index (χ4n) is 4.75. The van der Waals surface area contributed by atoms with E-state index < -0.39 is 10.0 Å². The lowest BCUT2D eigenvalue weighted by Crippen LogP contribution is -2.51. The quantitative estimate of drug-likeness (QED) is 0.618. The van der Waals surface area contributed by atoms with Crippen LogP contribution in [-0.2, 0) is 15.6 Å². The highest BCUT2D eigenvalue weighted by Crippen LogP contribution is 2.45. The molecule has 1 aromatic heterocycles. The highest BCUT2D eigenvalue weighted by Gasteiger charge is 2.44. The predicted molar refractivity (Wildman–Crippen MR) is 120 cm³/mol. The lowest BCUT2D eigenvalue weighted by atomic mass is 9.82. The van der Waals surface area contributed by atoms with Gasteiger partial charge in [-0.2, -0.15) is 4.31 Å². The minimum atomic E-state index is -3.53. The first kappa shape index (κ1) is 19.7. The Bertz CT molecular complexity index is 1220. The van der Waals surface area contributed by atoms with Gasteiger partial charge >= 0.3 is 0 Å². The number of fused-ring (bicyclic) bond motifs is 4. The van der Waals surface area contributed by atoms with Gasteiger partial charge in [0, 0.05) is 30.0 Å². The van der Waals surface area contributed by atoms with Gasteiger partial charge in [0.1, 0.15) is 0 Å². The van der Waals surface area contributed by atoms with Gasteiger partial charge in [-0.1, -0.05) is 17.7 Å². The number of hydrogen-bond acceptors (Lipinski definition) is 3. The van der Waals surface area contributed by atoms with E-state index >= 15 is 0 Å². The Morgan fingerprint density at radius 3 is 2.40 bits per heavy atom. The van der Waals surface area contributed by atoms with Crippen molar-refractivity contribution in [2.75, 3.05) is 18.4 Å². The largest absolute Gasteiger partial charge is 0.372 e. The number of piperidine rings is 1. The Kier molecular flexibility index (Phi) is 4.51. The molecule has 3 aromatic rings. The van der Waals surface area contributed by atoms with E-state index in [1.807, 2.05) is 0 Å². The van der Waals surface area contributed by atoms with Gasteiger partial charge in [0.05, 0.1) is 21.8 Å². The van der Waals surface area contributed by atoms with E-state index in [1.165, 1.54) is 22.5 Å². The van der Waals surface area contributed by atoms with E-state index in [0.29, 0.717) is 35.8 Å². The molecule has 1 spiro atoms. The molecule has 3 heterocycles. The van der Waals surface area contributed by atoms with Crippen molar-refractivity contribution in [1.82, 2.24) is 8.87 Å². The molecule has 1 saturated heterocycles. The molecule has 0 saturated carbocycles. The number of nitrogens with one attached hydrogen (secondary N) is 1. The molecule has 0 radical (unpaired) electrons. The first-order valence-corrected chi connectivity index (χ1v) is 12.0. The van der Waals surface area contributed by atoms with Crippen molar-refractivity contribution in [3.63, 3.8) is 0 Å². The van der Waals surface area contributed by atoms with Crippen LogP contribution in [0, 0.1) is 13.8 Å². The predicted octanol–water partition coefficient (Wildman–Crippen LogP) is 4.85. The Balaban J connectivity index is 1.46. The molecule has 156 valence electrons. The summed E-state index contributed by atoms with van der Waals surface area (Å²) in [6.07, 6.45) is 3.52. The van der Waals surface area contributed by atoms with E-state index in [4.69, 9.17) is 11.6 Å². The van der Waals surface area contributed by atoms with Crippen LogP contribution in [0.3, 0.4) is 0 Å². The van der Waals surface area contributed by atoms with Crippen LogP contribution in [0.25, 0.3) is 5.69 Å². The molecular weight excluding hydrogens is 418 g/mol. The minimum Gasteiger partial charge on any atom is -0.372 e. The third-order valence-electron chi connectivity index (χ3n) is 6.58. The molecule has 5 rings (SSSR count). The van der Waals surface area contributed by atoms with Gasteiger partial charge in [-0.05, 0) is 80.3 Å². The van der Waals surface area contributed by atoms with Crippen molar-refractivity contribution in [3.05, 3.63) is 76.6 Å². The van der Waals surface area contributed by atoms with E-state index in [-0.39, 0.29) is 5.54 Å². The summed E-state index contributed by atoms with van der Waals surface area (Å²) in [6.45, 7) is 5.20. The topological polar surface area (TPSA) is 54.3 Å². The monoisotopic (exact) mass is 441 g/mol. The number of aromatic nitrogens is 1. The molecule has 2 aliphatic heterocycles. The molecule has 7 heteroatoms. The van der Waals surface area contributed by atoms with Crippen LogP contribution < -0.4 is 5.32 Å². The fourth-order valence-corrected chi connectivity index (χ4v) is 6.31. The standard InChI is InChI=1S/C23H24ClN3O2S/c1-16-5-10-20-22(17(16)2)27-13-3-4-21(27)23(25-20)11-14-26(15-12-23)30(28,29)19-8-6-18(24)7-9-19/h3-10,13,25H,11-12,14-15H2,1-2H3. The van der Waals surface area contributed by atoms with Crippen LogP contribution in [0.5, 0.6) is 0 Å². The van der Waals surface area contributed by atoms with Crippen LogP contribution in [0.2, 0.25) is 5.02 Å². The summed E-state index contributed by atoms with van der Waals surface area (Å²) in [7, 11) is -3.53. The Labute approximate surface area is 182 Å². The summed E-state index contributed by atoms with van der Waals surface area (Å²) in [5.41, 5.74) is 5.74. The highest BCUT2D eigenvalue weighted by molar-refractivity contribution is 7.89. The SMILES string of the molecule is Cc1ccc2c(c1C)-n1cccc1C1(CCN(S(=O)(=O)c3ccc(Cl)cc3)CC1)N2. The Morgan fingerprint density at radius 1 is 1.00 bits per heavy atom. The summed E-state index contributed by atoms with van der Waals surface area (Å²) >= 11 is 5.93. The first-order chi connectivity index (χ1) is 14.3. The number of hydrogen-bond donors (Lipinski definition) is 1. The average Bonchev–Trinajstić information content (AvgIpc) is 3.22. The Morgan fingerprint density at radius 2 is 1.70 bits per heavy atom. The van der Waals surface area contributed by atoms with E-state index in [0.717, 1.165) is 5.69 Å². The van der Waals surface area contributed by atoms with Gasteiger partial charge in [0.2, 0.25) is 10.0 Å². The third kappa shape index (κ3) is 2.89. The molecule has 0 atom stereocenters. The zero-order chi connectivity index (χ0) is 21.1. The van der Waals surface area contributed by atoms with Gasteiger partial charge < -0.3 is 9.88 Å². The number of halogens is 1. The van der Waals surface area contributed by atoms with Crippen LogP contribution >= 0.6 is 11.6 Å². The number of anilines is 1. The van der Waals surface area contributed by atoms with E-state index in [2.05, 4.69) is 54.2 Å². The normalized spacial score (nSPS) is 18.0. The smallest absolute Gasteiger partial charge is 0.243 e. The molecule has 1 fully saturated rings. The van der Waals surface area contributed by atoms with Crippen molar-refractivity contribution < 1.29 is 8.42 Å². The number of nitrogens with zero attached hydrogens (tertiary/aromatic N) is 2. The number of benzene rings is 2. The van der Waals surface area contributed by atoms with Crippen molar-refractivity contribution in [3.8, 4) is 5.69 Å². The molecule has 30 heavy (non-hydrogen) atoms. The molecule has 2 aromatic carbocycles. The van der Waals surface area contributed by atoms with Crippen molar-refractivity contribution in [1.29, 1.82) is 0 Å². The van der Waals surface area contributed by atoms with Crippen molar-refractivity contribution >= 4 is 27.3 Å². The maximum atomic E-state index is 13.1. The number of aryl methyl sites for hydroxylation is 1. The van der Waals surface area contributed by atoms with Crippen LogP contribution in [0.1, 0.15) is 29.7 Å². The zero-order valence-corrected chi connectivity index (χ0v) is 18.6. The van der Waals surface area contributed by atoms with Crippen LogP contribution in [0.4, 0.5) is 5.69 Å². The lowest BCUT2D eigenvalue weighted by Gasteiger charge is -2.46. The third-order valence-corrected chi connectivity index (χ3v) is 8.75. The molecule has 5 nitrogen and oxygen atoms in total. The summed E-state index contributed by atoms with van der Waals surface area (Å²) < 4.78 is 30.1. The first-order valence-electron chi connectivity index (χ1n) is 10.1. The van der Waals surface area contributed by atoms with E-state index in [9.17, 15) is 8.42 Å². The maximum absolute atomic E-state index is 13.1. The molecule has 0 aliphatic carbocycles. The second-order valence-corrected chi connectivity index (χ2v) is 10.6. The van der Waals surface area contributed by atoms with Gasteiger partial charge in [0.15, 0.2) is 0 Å². The molecule has 0 bridgehead atoms. The molecule has 1 N–H and O–H groups in total. The van der Waals surface area contributed by atoms with Gasteiger partial charge in [-0.25, -0.2) is 8.42 Å². The summed E-state index contributed by atoms with van der Waals surface area (Å²) in [6, 6.07) is 14.9. The van der Waals surface area contributed by atoms with Crippen LogP contribution in [-0.4, -0.2) is 30.4 Å². The minimum absolute atomic E-state index is 0.274. The number of rotatable bonds is 2. The highest BCUT2D eigenvalue weighted by atomic mass is 35.5. The molecular formula is C23H24ClN3O2S. The zero-order valence-electron chi connectivity index (χ0n) is 17.0. The van der Waals surface area contributed by atoms with E-state index in [1.54, 1.807) is 28.6 Å². The fraction of sp³-hybridized carbons (Fsp3) is 0.304. The lowest BCUT2D eigenvalue weighted by molar-refractivity contribution is 0.247. The van der Waals surface area contributed by atoms with Gasteiger partial charge in [0.25, 0.3) is 0 Å². The maximum Gasteiger partial charge on any atom is 0.243 e.